The number of hydrogen-bond donors (Lipinski definition) is 1. The number of rotatable bonds is 4. The summed E-state index contributed by atoms with van der Waals surface area (Å²) < 4.78 is 5.11. The Labute approximate surface area is 114 Å². The molecule has 2 aromatic heterocycles. The summed E-state index contributed by atoms with van der Waals surface area (Å²) in [4.78, 5) is 26.6. The third-order valence-electron chi connectivity index (χ3n) is 2.58. The number of halogens is 1. The van der Waals surface area contributed by atoms with Gasteiger partial charge in [0.2, 0.25) is 5.91 Å². The average molecular weight is 279 g/mol. The van der Waals surface area contributed by atoms with Crippen LogP contribution >= 0.6 is 11.6 Å². The maximum absolute atomic E-state index is 11.8. The molecule has 0 aliphatic rings. The fourth-order valence-corrected chi connectivity index (χ4v) is 1.65. The lowest BCUT2D eigenvalue weighted by atomic mass is 10.2. The molecule has 0 radical (unpaired) electrons. The van der Waals surface area contributed by atoms with Gasteiger partial charge in [-0.2, -0.15) is 0 Å². The van der Waals surface area contributed by atoms with E-state index in [1.54, 1.807) is 13.0 Å². The fraction of sp³-hybridized carbons (Fsp3) is 0.154. The van der Waals surface area contributed by atoms with Gasteiger partial charge >= 0.3 is 0 Å². The van der Waals surface area contributed by atoms with Gasteiger partial charge < -0.3 is 9.73 Å². The average Bonchev–Trinajstić information content (AvgIpc) is 2.75. The van der Waals surface area contributed by atoms with Crippen molar-refractivity contribution >= 4 is 28.6 Å². The third kappa shape index (κ3) is 3.42. The molecule has 2 aromatic rings. The van der Waals surface area contributed by atoms with Crippen LogP contribution in [-0.4, -0.2) is 16.1 Å². The first-order valence-corrected chi connectivity index (χ1v) is 5.93. The van der Waals surface area contributed by atoms with E-state index in [4.69, 9.17) is 16.0 Å². The van der Waals surface area contributed by atoms with Crippen LogP contribution in [-0.2, 0) is 11.2 Å². The Morgan fingerprint density at radius 1 is 1.37 bits per heavy atom. The largest absolute Gasteiger partial charge is 0.469 e. The molecule has 0 saturated carbocycles. The third-order valence-corrected chi connectivity index (χ3v) is 2.79. The van der Waals surface area contributed by atoms with E-state index in [2.05, 4.69) is 10.3 Å². The number of anilines is 1. The Hall–Kier alpha value is -2.14. The second-order valence-corrected chi connectivity index (χ2v) is 4.28. The van der Waals surface area contributed by atoms with Gasteiger partial charge in [0, 0.05) is 11.8 Å². The number of aromatic nitrogens is 1. The lowest BCUT2D eigenvalue weighted by Gasteiger charge is -2.04. The summed E-state index contributed by atoms with van der Waals surface area (Å²) >= 11 is 5.30. The molecule has 2 heterocycles. The highest BCUT2D eigenvalue weighted by molar-refractivity contribution is 6.67. The topological polar surface area (TPSA) is 72.2 Å². The van der Waals surface area contributed by atoms with Crippen molar-refractivity contribution in [1.29, 1.82) is 0 Å². The maximum atomic E-state index is 11.8. The monoisotopic (exact) mass is 278 g/mol. The van der Waals surface area contributed by atoms with Gasteiger partial charge in [0.25, 0.3) is 5.24 Å². The van der Waals surface area contributed by atoms with E-state index >= 15 is 0 Å². The molecule has 0 aliphatic heterocycles. The summed E-state index contributed by atoms with van der Waals surface area (Å²) in [6.45, 7) is 1.79. The van der Waals surface area contributed by atoms with Gasteiger partial charge in [0.05, 0.1) is 18.2 Å². The second kappa shape index (κ2) is 5.67. The van der Waals surface area contributed by atoms with Gasteiger partial charge in [-0.15, -0.1) is 0 Å². The molecular weight excluding hydrogens is 268 g/mol. The van der Waals surface area contributed by atoms with Gasteiger partial charge in [0.1, 0.15) is 11.6 Å². The van der Waals surface area contributed by atoms with Crippen LogP contribution in [0.1, 0.15) is 21.7 Å². The molecular formula is C13H11ClN2O3. The lowest BCUT2D eigenvalue weighted by molar-refractivity contribution is -0.115. The minimum atomic E-state index is -0.584. The molecule has 1 N–H and O–H groups in total. The zero-order valence-corrected chi connectivity index (χ0v) is 10.9. The van der Waals surface area contributed by atoms with E-state index in [0.717, 1.165) is 5.56 Å². The molecule has 5 nitrogen and oxygen atoms in total. The maximum Gasteiger partial charge on any atom is 0.253 e. The van der Waals surface area contributed by atoms with Crippen LogP contribution < -0.4 is 5.32 Å². The molecule has 0 bridgehead atoms. The molecule has 1 amide bonds. The molecule has 2 rings (SSSR count). The zero-order valence-electron chi connectivity index (χ0n) is 10.1. The van der Waals surface area contributed by atoms with E-state index in [-0.39, 0.29) is 17.9 Å². The molecule has 0 fully saturated rings. The smallest absolute Gasteiger partial charge is 0.253 e. The van der Waals surface area contributed by atoms with Crippen molar-refractivity contribution in [3.05, 3.63) is 47.5 Å². The van der Waals surface area contributed by atoms with Crippen LogP contribution in [0.2, 0.25) is 0 Å². The Kier molecular flexibility index (Phi) is 3.97. The van der Waals surface area contributed by atoms with Gasteiger partial charge in [-0.1, -0.05) is 0 Å². The van der Waals surface area contributed by atoms with Crippen molar-refractivity contribution in [1.82, 2.24) is 4.98 Å². The first-order valence-electron chi connectivity index (χ1n) is 5.55. The highest BCUT2D eigenvalue weighted by Crippen LogP contribution is 2.11. The number of carbonyl (C=O) groups excluding carboxylic acids is 2. The number of hydrogen-bond acceptors (Lipinski definition) is 4. The van der Waals surface area contributed by atoms with Crippen LogP contribution in [0.25, 0.3) is 0 Å². The minimum Gasteiger partial charge on any atom is -0.469 e. The van der Waals surface area contributed by atoms with Crippen molar-refractivity contribution in [3.8, 4) is 0 Å². The predicted octanol–water partition coefficient (Wildman–Crippen LogP) is 2.54. The normalized spacial score (nSPS) is 10.2. The summed E-state index contributed by atoms with van der Waals surface area (Å²) in [5, 5.41) is 2.04. The van der Waals surface area contributed by atoms with Crippen molar-refractivity contribution in [2.75, 3.05) is 5.32 Å². The molecule has 6 heteroatoms. The molecule has 19 heavy (non-hydrogen) atoms. The van der Waals surface area contributed by atoms with Crippen molar-refractivity contribution < 1.29 is 14.0 Å². The van der Waals surface area contributed by atoms with E-state index in [1.807, 2.05) is 0 Å². The van der Waals surface area contributed by atoms with Crippen LogP contribution in [0.15, 0.2) is 35.1 Å². The standard InChI is InChI=1S/C13H11ClN2O3/c1-8-9(4-5-19-8)6-12(17)16-11-3-2-10(7-15-11)13(14)18/h2-5,7H,6H2,1H3,(H,15,16,17). The molecule has 0 unspecified atom stereocenters. The molecule has 0 spiro atoms. The number of carbonyl (C=O) groups is 2. The highest BCUT2D eigenvalue weighted by Gasteiger charge is 2.09. The summed E-state index contributed by atoms with van der Waals surface area (Å²) in [7, 11) is 0. The number of nitrogens with one attached hydrogen (secondary N) is 1. The minimum absolute atomic E-state index is 0.207. The summed E-state index contributed by atoms with van der Waals surface area (Å²) in [5.41, 5.74) is 1.11. The van der Waals surface area contributed by atoms with E-state index < -0.39 is 5.24 Å². The van der Waals surface area contributed by atoms with Crippen molar-refractivity contribution in [2.24, 2.45) is 0 Å². The Bertz CT molecular complexity index is 605. The van der Waals surface area contributed by atoms with Crippen LogP contribution in [0, 0.1) is 6.92 Å². The number of pyridine rings is 1. The molecule has 98 valence electrons. The molecule has 0 atom stereocenters. The van der Waals surface area contributed by atoms with Crippen LogP contribution in [0.5, 0.6) is 0 Å². The van der Waals surface area contributed by atoms with Gasteiger partial charge in [0.15, 0.2) is 0 Å². The fourth-order valence-electron chi connectivity index (χ4n) is 1.54. The molecule has 0 aromatic carbocycles. The van der Waals surface area contributed by atoms with Crippen molar-refractivity contribution in [3.63, 3.8) is 0 Å². The number of amides is 1. The Morgan fingerprint density at radius 2 is 2.16 bits per heavy atom. The first kappa shape index (κ1) is 13.3. The van der Waals surface area contributed by atoms with Gasteiger partial charge in [-0.05, 0) is 36.7 Å². The van der Waals surface area contributed by atoms with E-state index in [0.29, 0.717) is 11.6 Å². The Morgan fingerprint density at radius 3 is 2.68 bits per heavy atom. The SMILES string of the molecule is Cc1occc1CC(=O)Nc1ccc(C(=O)Cl)cn1. The summed E-state index contributed by atoms with van der Waals surface area (Å²) in [6.07, 6.45) is 3.06. The number of furan rings is 1. The summed E-state index contributed by atoms with van der Waals surface area (Å²) in [6, 6.07) is 4.77. The van der Waals surface area contributed by atoms with Gasteiger partial charge in [-0.3, -0.25) is 9.59 Å². The quantitative estimate of drug-likeness (QED) is 0.873. The zero-order chi connectivity index (χ0) is 13.8. The van der Waals surface area contributed by atoms with Gasteiger partial charge in [-0.25, -0.2) is 4.98 Å². The number of nitrogens with zero attached hydrogens (tertiary/aromatic N) is 1. The van der Waals surface area contributed by atoms with E-state index in [9.17, 15) is 9.59 Å². The molecule has 0 aliphatic carbocycles. The van der Waals surface area contributed by atoms with Crippen LogP contribution in [0.3, 0.4) is 0 Å². The second-order valence-electron chi connectivity index (χ2n) is 3.93. The predicted molar refractivity (Wildman–Crippen MR) is 70.2 cm³/mol. The van der Waals surface area contributed by atoms with Crippen molar-refractivity contribution in [2.45, 2.75) is 13.3 Å². The first-order chi connectivity index (χ1) is 9.06. The number of aryl methyl sites for hydroxylation is 1. The highest BCUT2D eigenvalue weighted by atomic mass is 35.5. The van der Waals surface area contributed by atoms with Crippen LogP contribution in [0.4, 0.5) is 5.82 Å². The summed E-state index contributed by atoms with van der Waals surface area (Å²) in [5.74, 6) is 0.876. The van der Waals surface area contributed by atoms with E-state index in [1.165, 1.54) is 24.6 Å². The molecule has 0 saturated heterocycles. The lowest BCUT2D eigenvalue weighted by Crippen LogP contribution is -2.15. The Balaban J connectivity index is 1.99.